The van der Waals surface area contributed by atoms with E-state index < -0.39 is 9.84 Å². The van der Waals surface area contributed by atoms with Gasteiger partial charge in [0.05, 0.1) is 17.3 Å². The first-order valence-electron chi connectivity index (χ1n) is 8.76. The van der Waals surface area contributed by atoms with Gasteiger partial charge in [-0.25, -0.2) is 8.42 Å². The largest absolute Gasteiger partial charge is 0.339 e. The highest BCUT2D eigenvalue weighted by molar-refractivity contribution is 8.00. The molecule has 0 bridgehead atoms. The lowest BCUT2D eigenvalue weighted by molar-refractivity contribution is -0.130. The normalized spacial score (nSPS) is 23.8. The fourth-order valence-corrected chi connectivity index (χ4v) is 6.10. The SMILES string of the molecule is Cc1ccc(SCC(=O)N2CCN(C3CCS(=O)(=O)C3)CC2)cc1C. The molecule has 0 aliphatic carbocycles. The Morgan fingerprint density at radius 1 is 1.16 bits per heavy atom. The molecule has 2 saturated heterocycles. The monoisotopic (exact) mass is 382 g/mol. The molecule has 0 saturated carbocycles. The number of hydrogen-bond donors (Lipinski definition) is 0. The zero-order valence-corrected chi connectivity index (χ0v) is 16.5. The molecule has 2 aliphatic rings. The third-order valence-electron chi connectivity index (χ3n) is 5.23. The van der Waals surface area contributed by atoms with E-state index in [9.17, 15) is 13.2 Å². The van der Waals surface area contributed by atoms with Crippen LogP contribution in [0.5, 0.6) is 0 Å². The lowest BCUT2D eigenvalue weighted by Gasteiger charge is -2.37. The van der Waals surface area contributed by atoms with Crippen molar-refractivity contribution in [3.8, 4) is 0 Å². The first-order chi connectivity index (χ1) is 11.8. The highest BCUT2D eigenvalue weighted by atomic mass is 32.2. The predicted octanol–water partition coefficient (Wildman–Crippen LogP) is 1.73. The minimum absolute atomic E-state index is 0.146. The molecular weight excluding hydrogens is 356 g/mol. The number of nitrogens with zero attached hydrogens (tertiary/aromatic N) is 2. The number of benzene rings is 1. The lowest BCUT2D eigenvalue weighted by Crippen LogP contribution is -2.52. The van der Waals surface area contributed by atoms with Crippen LogP contribution in [0, 0.1) is 13.8 Å². The van der Waals surface area contributed by atoms with Gasteiger partial charge in [0.25, 0.3) is 0 Å². The number of sulfone groups is 1. The van der Waals surface area contributed by atoms with Crippen LogP contribution in [0.25, 0.3) is 0 Å². The summed E-state index contributed by atoms with van der Waals surface area (Å²) in [7, 11) is -2.85. The van der Waals surface area contributed by atoms with E-state index in [4.69, 9.17) is 0 Å². The van der Waals surface area contributed by atoms with Crippen molar-refractivity contribution in [1.82, 2.24) is 9.80 Å². The van der Waals surface area contributed by atoms with Crippen LogP contribution < -0.4 is 0 Å². The summed E-state index contributed by atoms with van der Waals surface area (Å²) in [6.45, 7) is 7.12. The van der Waals surface area contributed by atoms with Crippen LogP contribution >= 0.6 is 11.8 Å². The fourth-order valence-electron chi connectivity index (χ4n) is 3.44. The predicted molar refractivity (Wildman–Crippen MR) is 102 cm³/mol. The van der Waals surface area contributed by atoms with E-state index in [0.29, 0.717) is 24.6 Å². The zero-order chi connectivity index (χ0) is 18.0. The summed E-state index contributed by atoms with van der Waals surface area (Å²) in [6.07, 6.45) is 0.735. The van der Waals surface area contributed by atoms with Gasteiger partial charge in [-0.2, -0.15) is 0 Å². The minimum atomic E-state index is -2.85. The second-order valence-corrected chi connectivity index (χ2v) is 10.3. The maximum absolute atomic E-state index is 12.4. The maximum Gasteiger partial charge on any atom is 0.233 e. The van der Waals surface area contributed by atoms with Gasteiger partial charge < -0.3 is 4.90 Å². The van der Waals surface area contributed by atoms with E-state index in [-0.39, 0.29) is 17.7 Å². The van der Waals surface area contributed by atoms with Gasteiger partial charge in [-0.15, -0.1) is 11.8 Å². The van der Waals surface area contributed by atoms with Crippen LogP contribution in [0.15, 0.2) is 23.1 Å². The highest BCUT2D eigenvalue weighted by Crippen LogP contribution is 2.23. The number of piperazine rings is 1. The Kier molecular flexibility index (Phi) is 5.75. The molecule has 2 fully saturated rings. The lowest BCUT2D eigenvalue weighted by atomic mass is 10.1. The van der Waals surface area contributed by atoms with Crippen LogP contribution in [-0.4, -0.2) is 73.6 Å². The van der Waals surface area contributed by atoms with E-state index in [2.05, 4.69) is 36.9 Å². The Balaban J connectivity index is 1.46. The van der Waals surface area contributed by atoms with Crippen molar-refractivity contribution >= 4 is 27.5 Å². The minimum Gasteiger partial charge on any atom is -0.339 e. The van der Waals surface area contributed by atoms with Crippen LogP contribution in [0.2, 0.25) is 0 Å². The van der Waals surface area contributed by atoms with Crippen molar-refractivity contribution < 1.29 is 13.2 Å². The van der Waals surface area contributed by atoms with Crippen LogP contribution in [-0.2, 0) is 14.6 Å². The molecule has 0 radical (unpaired) electrons. The maximum atomic E-state index is 12.4. The van der Waals surface area contributed by atoms with E-state index >= 15 is 0 Å². The van der Waals surface area contributed by atoms with Crippen molar-refractivity contribution in [2.24, 2.45) is 0 Å². The average Bonchev–Trinajstić information content (AvgIpc) is 2.96. The van der Waals surface area contributed by atoms with Crippen LogP contribution in [0.1, 0.15) is 17.5 Å². The molecule has 1 amide bonds. The van der Waals surface area contributed by atoms with Crippen molar-refractivity contribution in [2.45, 2.75) is 31.2 Å². The molecule has 138 valence electrons. The summed E-state index contributed by atoms with van der Waals surface area (Å²) >= 11 is 1.59. The molecule has 7 heteroatoms. The number of rotatable bonds is 4. The Morgan fingerprint density at radius 3 is 2.48 bits per heavy atom. The molecule has 1 aromatic carbocycles. The number of hydrogen-bond acceptors (Lipinski definition) is 5. The third kappa shape index (κ3) is 4.77. The number of carbonyl (C=O) groups excluding carboxylic acids is 1. The van der Waals surface area contributed by atoms with E-state index in [1.54, 1.807) is 11.8 Å². The van der Waals surface area contributed by atoms with Crippen molar-refractivity contribution in [3.63, 3.8) is 0 Å². The highest BCUT2D eigenvalue weighted by Gasteiger charge is 2.34. The molecule has 5 nitrogen and oxygen atoms in total. The smallest absolute Gasteiger partial charge is 0.233 e. The topological polar surface area (TPSA) is 57.7 Å². The van der Waals surface area contributed by atoms with Crippen LogP contribution in [0.3, 0.4) is 0 Å². The Labute approximate surface area is 154 Å². The molecule has 0 aromatic heterocycles. The molecular formula is C18H26N2O3S2. The van der Waals surface area contributed by atoms with Gasteiger partial charge in [0, 0.05) is 37.1 Å². The Hall–Kier alpha value is -1.05. The summed E-state index contributed by atoms with van der Waals surface area (Å²) in [5, 5.41) is 0. The number of amides is 1. The number of aryl methyl sites for hydroxylation is 2. The third-order valence-corrected chi connectivity index (χ3v) is 7.96. The van der Waals surface area contributed by atoms with Gasteiger partial charge >= 0.3 is 0 Å². The van der Waals surface area contributed by atoms with E-state index in [1.165, 1.54) is 11.1 Å². The first-order valence-corrected chi connectivity index (χ1v) is 11.6. The second-order valence-electron chi connectivity index (χ2n) is 7.01. The van der Waals surface area contributed by atoms with Crippen molar-refractivity contribution in [2.75, 3.05) is 43.4 Å². The van der Waals surface area contributed by atoms with Gasteiger partial charge in [-0.3, -0.25) is 9.69 Å². The standard InChI is InChI=1S/C18H26N2O3S2/c1-14-3-4-17(11-15(14)2)24-12-18(21)20-8-6-19(7-9-20)16-5-10-25(22,23)13-16/h3-4,11,16H,5-10,12-13H2,1-2H3. The average molecular weight is 383 g/mol. The van der Waals surface area contributed by atoms with Gasteiger partial charge in [0.1, 0.15) is 0 Å². The van der Waals surface area contributed by atoms with Crippen molar-refractivity contribution in [3.05, 3.63) is 29.3 Å². The molecule has 2 aliphatic heterocycles. The number of carbonyl (C=O) groups is 1. The van der Waals surface area contributed by atoms with E-state index in [1.807, 2.05) is 4.90 Å². The summed E-state index contributed by atoms with van der Waals surface area (Å²) < 4.78 is 23.3. The molecule has 3 rings (SSSR count). The first kappa shape index (κ1) is 18.7. The van der Waals surface area contributed by atoms with Gasteiger partial charge in [0.2, 0.25) is 5.91 Å². The van der Waals surface area contributed by atoms with Crippen LogP contribution in [0.4, 0.5) is 0 Å². The van der Waals surface area contributed by atoms with Crippen molar-refractivity contribution in [1.29, 1.82) is 0 Å². The summed E-state index contributed by atoms with van der Waals surface area (Å²) in [5.41, 5.74) is 2.51. The molecule has 0 N–H and O–H groups in total. The molecule has 1 unspecified atom stereocenters. The summed E-state index contributed by atoms with van der Waals surface area (Å²) in [6, 6.07) is 6.44. The fraction of sp³-hybridized carbons (Fsp3) is 0.611. The van der Waals surface area contributed by atoms with Gasteiger partial charge in [0.15, 0.2) is 9.84 Å². The molecule has 0 spiro atoms. The van der Waals surface area contributed by atoms with Gasteiger partial charge in [-0.1, -0.05) is 6.07 Å². The molecule has 25 heavy (non-hydrogen) atoms. The molecule has 1 aromatic rings. The summed E-state index contributed by atoms with van der Waals surface area (Å²) in [5.74, 6) is 1.22. The quantitative estimate of drug-likeness (QED) is 0.743. The molecule has 1 atom stereocenters. The second kappa shape index (κ2) is 7.68. The Bertz CT molecular complexity index is 741. The Morgan fingerprint density at radius 2 is 1.88 bits per heavy atom. The summed E-state index contributed by atoms with van der Waals surface area (Å²) in [4.78, 5) is 17.7. The van der Waals surface area contributed by atoms with Gasteiger partial charge in [-0.05, 0) is 43.5 Å². The van der Waals surface area contributed by atoms with E-state index in [0.717, 1.165) is 24.4 Å². The number of thioether (sulfide) groups is 1. The zero-order valence-electron chi connectivity index (χ0n) is 14.9. The molecule has 2 heterocycles.